The van der Waals surface area contributed by atoms with Crippen LogP contribution in [0.5, 0.6) is 11.5 Å². The number of carbonyl (C=O) groups is 3. The van der Waals surface area contributed by atoms with Crippen molar-refractivity contribution in [2.75, 3.05) is 27.3 Å². The van der Waals surface area contributed by atoms with E-state index >= 15 is 0 Å². The fraction of sp³-hybridized carbons (Fsp3) is 0.250. The molecule has 0 saturated carbocycles. The lowest BCUT2D eigenvalue weighted by molar-refractivity contribution is -0.385. The molecule has 2 aromatic rings. The Morgan fingerprint density at radius 3 is 2.50 bits per heavy atom. The van der Waals surface area contributed by atoms with Gasteiger partial charge in [0.15, 0.2) is 11.5 Å². The van der Waals surface area contributed by atoms with Gasteiger partial charge in [0.05, 0.1) is 24.7 Å². The zero-order chi connectivity index (χ0) is 21.8. The molecular formula is C20H19N3O7. The number of nitro groups is 1. The lowest BCUT2D eigenvalue weighted by Gasteiger charge is -2.14. The summed E-state index contributed by atoms with van der Waals surface area (Å²) in [7, 11) is 3.06. The number of rotatable bonds is 8. The van der Waals surface area contributed by atoms with E-state index in [-0.39, 0.29) is 17.7 Å². The van der Waals surface area contributed by atoms with Crippen molar-refractivity contribution in [1.82, 2.24) is 10.2 Å². The molecule has 156 valence electrons. The smallest absolute Gasteiger partial charge is 0.282 e. The third-order valence-electron chi connectivity index (χ3n) is 4.66. The van der Waals surface area contributed by atoms with Crippen LogP contribution < -0.4 is 14.8 Å². The van der Waals surface area contributed by atoms with Crippen LogP contribution in [0.4, 0.5) is 5.69 Å². The Morgan fingerprint density at radius 1 is 1.10 bits per heavy atom. The Hall–Kier alpha value is -3.95. The van der Waals surface area contributed by atoms with Gasteiger partial charge in [-0.1, -0.05) is 12.1 Å². The van der Waals surface area contributed by atoms with Gasteiger partial charge in [-0.3, -0.25) is 29.4 Å². The Bertz CT molecular complexity index is 1040. The lowest BCUT2D eigenvalue weighted by Crippen LogP contribution is -2.40. The van der Waals surface area contributed by atoms with Gasteiger partial charge in [0.1, 0.15) is 12.1 Å². The van der Waals surface area contributed by atoms with E-state index in [2.05, 4.69) is 5.32 Å². The summed E-state index contributed by atoms with van der Waals surface area (Å²) >= 11 is 0. The molecule has 2 aromatic carbocycles. The molecule has 1 N–H and O–H groups in total. The highest BCUT2D eigenvalue weighted by molar-refractivity contribution is 6.24. The van der Waals surface area contributed by atoms with Crippen molar-refractivity contribution in [2.45, 2.75) is 6.42 Å². The summed E-state index contributed by atoms with van der Waals surface area (Å²) in [6.45, 7) is -0.257. The Labute approximate surface area is 171 Å². The minimum absolute atomic E-state index is 0.0765. The molecule has 0 bridgehead atoms. The number of nitrogens with zero attached hydrogens (tertiary/aromatic N) is 2. The molecule has 1 aliphatic rings. The Kier molecular flexibility index (Phi) is 5.95. The predicted octanol–water partition coefficient (Wildman–Crippen LogP) is 1.57. The van der Waals surface area contributed by atoms with Crippen molar-refractivity contribution >= 4 is 23.4 Å². The topological polar surface area (TPSA) is 128 Å². The molecule has 0 radical (unpaired) electrons. The molecule has 10 heteroatoms. The van der Waals surface area contributed by atoms with Gasteiger partial charge in [-0.15, -0.1) is 0 Å². The maximum Gasteiger partial charge on any atom is 0.282 e. The van der Waals surface area contributed by atoms with Crippen LogP contribution in [0.1, 0.15) is 26.3 Å². The minimum Gasteiger partial charge on any atom is -0.493 e. The quantitative estimate of drug-likeness (QED) is 0.395. The maximum atomic E-state index is 12.5. The van der Waals surface area contributed by atoms with Crippen LogP contribution in [0.25, 0.3) is 0 Å². The average molecular weight is 413 g/mol. The van der Waals surface area contributed by atoms with Crippen LogP contribution in [0.15, 0.2) is 36.4 Å². The van der Waals surface area contributed by atoms with Crippen molar-refractivity contribution in [3.05, 3.63) is 63.2 Å². The molecule has 0 aliphatic carbocycles. The summed E-state index contributed by atoms with van der Waals surface area (Å²) in [4.78, 5) is 48.3. The van der Waals surface area contributed by atoms with Gasteiger partial charge in [0.2, 0.25) is 5.91 Å². The third-order valence-corrected chi connectivity index (χ3v) is 4.66. The molecule has 1 aliphatic heterocycles. The molecule has 3 amide bonds. The number of hydrogen-bond acceptors (Lipinski definition) is 7. The number of nitro benzene ring substituents is 1. The van der Waals surface area contributed by atoms with Crippen LogP contribution in [0.3, 0.4) is 0 Å². The van der Waals surface area contributed by atoms with Gasteiger partial charge in [-0.05, 0) is 30.2 Å². The highest BCUT2D eigenvalue weighted by Gasteiger charge is 2.41. The van der Waals surface area contributed by atoms with E-state index in [0.717, 1.165) is 11.6 Å². The van der Waals surface area contributed by atoms with Gasteiger partial charge in [0.25, 0.3) is 17.5 Å². The van der Waals surface area contributed by atoms with E-state index in [1.54, 1.807) is 12.1 Å². The first kappa shape index (κ1) is 20.8. The van der Waals surface area contributed by atoms with E-state index in [4.69, 9.17) is 9.47 Å². The standard InChI is InChI=1S/C20H19N3O7/c1-29-15-7-6-12(10-16(15)30-2)8-9-21-17(24)11-22-19(25)13-4-3-5-14(23(27)28)18(13)20(22)26/h3-7,10H,8-9,11H2,1-2H3,(H,21,24). The lowest BCUT2D eigenvalue weighted by atomic mass is 10.1. The first-order valence-electron chi connectivity index (χ1n) is 8.98. The molecule has 1 heterocycles. The summed E-state index contributed by atoms with van der Waals surface area (Å²) in [5.41, 5.74) is 0.0736. The van der Waals surface area contributed by atoms with Crippen molar-refractivity contribution in [1.29, 1.82) is 0 Å². The second-order valence-corrected chi connectivity index (χ2v) is 6.44. The predicted molar refractivity (Wildman–Crippen MR) is 105 cm³/mol. The Balaban J connectivity index is 1.61. The van der Waals surface area contributed by atoms with E-state index in [1.807, 2.05) is 6.07 Å². The van der Waals surface area contributed by atoms with Crippen LogP contribution >= 0.6 is 0 Å². The zero-order valence-corrected chi connectivity index (χ0v) is 16.3. The molecule has 0 atom stereocenters. The number of fused-ring (bicyclic) bond motifs is 1. The summed E-state index contributed by atoms with van der Waals surface area (Å²) in [6, 6.07) is 9.18. The second kappa shape index (κ2) is 8.60. The molecule has 10 nitrogen and oxygen atoms in total. The van der Waals surface area contributed by atoms with Gasteiger partial charge in [-0.25, -0.2) is 0 Å². The Morgan fingerprint density at radius 2 is 1.83 bits per heavy atom. The van der Waals surface area contributed by atoms with Crippen molar-refractivity contribution in [3.8, 4) is 11.5 Å². The number of amides is 3. The molecule has 0 fully saturated rings. The molecule has 3 rings (SSSR count). The largest absolute Gasteiger partial charge is 0.493 e. The normalized spacial score (nSPS) is 12.5. The highest BCUT2D eigenvalue weighted by Crippen LogP contribution is 2.30. The molecular weight excluding hydrogens is 394 g/mol. The second-order valence-electron chi connectivity index (χ2n) is 6.44. The number of ether oxygens (including phenoxy) is 2. The fourth-order valence-electron chi connectivity index (χ4n) is 3.19. The highest BCUT2D eigenvalue weighted by atomic mass is 16.6. The third kappa shape index (κ3) is 3.93. The van der Waals surface area contributed by atoms with E-state index in [1.165, 1.54) is 26.4 Å². The number of imide groups is 1. The van der Waals surface area contributed by atoms with Crippen LogP contribution in [0.2, 0.25) is 0 Å². The van der Waals surface area contributed by atoms with Crippen LogP contribution in [0, 0.1) is 10.1 Å². The monoisotopic (exact) mass is 413 g/mol. The van der Waals surface area contributed by atoms with Gasteiger partial charge < -0.3 is 14.8 Å². The number of nitrogens with one attached hydrogen (secondary N) is 1. The number of methoxy groups -OCH3 is 2. The van der Waals surface area contributed by atoms with Crippen molar-refractivity contribution in [3.63, 3.8) is 0 Å². The van der Waals surface area contributed by atoms with Gasteiger partial charge in [0, 0.05) is 12.6 Å². The van der Waals surface area contributed by atoms with Crippen LogP contribution in [-0.2, 0) is 11.2 Å². The molecule has 0 unspecified atom stereocenters. The zero-order valence-electron chi connectivity index (χ0n) is 16.3. The molecule has 0 aromatic heterocycles. The van der Waals surface area contributed by atoms with E-state index in [0.29, 0.717) is 22.8 Å². The van der Waals surface area contributed by atoms with Crippen molar-refractivity contribution < 1.29 is 28.8 Å². The van der Waals surface area contributed by atoms with Crippen molar-refractivity contribution in [2.24, 2.45) is 0 Å². The molecule has 30 heavy (non-hydrogen) atoms. The van der Waals surface area contributed by atoms with E-state index in [9.17, 15) is 24.5 Å². The number of benzene rings is 2. The summed E-state index contributed by atoms with van der Waals surface area (Å²) in [5, 5.41) is 13.8. The minimum atomic E-state index is -0.850. The summed E-state index contributed by atoms with van der Waals surface area (Å²) in [6.07, 6.45) is 0.486. The molecule has 0 saturated heterocycles. The first-order chi connectivity index (χ1) is 14.4. The van der Waals surface area contributed by atoms with Crippen LogP contribution in [-0.4, -0.2) is 54.9 Å². The van der Waals surface area contributed by atoms with E-state index < -0.39 is 34.9 Å². The number of carbonyl (C=O) groups excluding carboxylic acids is 3. The maximum absolute atomic E-state index is 12.5. The average Bonchev–Trinajstić information content (AvgIpc) is 2.98. The SMILES string of the molecule is COc1ccc(CCNC(=O)CN2C(=O)c3cccc([N+](=O)[O-])c3C2=O)cc1OC. The first-order valence-corrected chi connectivity index (χ1v) is 8.98. The summed E-state index contributed by atoms with van der Waals surface area (Å²) in [5.74, 6) is -0.974. The summed E-state index contributed by atoms with van der Waals surface area (Å²) < 4.78 is 10.4. The fourth-order valence-corrected chi connectivity index (χ4v) is 3.19. The molecule has 0 spiro atoms. The van der Waals surface area contributed by atoms with Gasteiger partial charge >= 0.3 is 0 Å². The van der Waals surface area contributed by atoms with Gasteiger partial charge in [-0.2, -0.15) is 0 Å². The number of hydrogen-bond donors (Lipinski definition) is 1.